The van der Waals surface area contributed by atoms with E-state index in [0.29, 0.717) is 55.3 Å². The Morgan fingerprint density at radius 2 is 1.92 bits per heavy atom. The number of carbonyl (C=O) groups is 2. The first-order valence-electron chi connectivity index (χ1n) is 11.9. The Morgan fingerprint density at radius 3 is 2.62 bits per heavy atom. The normalized spacial score (nSPS) is 14.2. The van der Waals surface area contributed by atoms with E-state index < -0.39 is 23.4 Å². The van der Waals surface area contributed by atoms with Gasteiger partial charge in [-0.1, -0.05) is 13.3 Å². The van der Waals surface area contributed by atoms with E-state index in [-0.39, 0.29) is 36.6 Å². The van der Waals surface area contributed by atoms with Gasteiger partial charge in [-0.2, -0.15) is 13.2 Å². The van der Waals surface area contributed by atoms with Gasteiger partial charge in [0.15, 0.2) is 5.82 Å². The molecule has 3 aromatic rings. The van der Waals surface area contributed by atoms with Gasteiger partial charge in [0.2, 0.25) is 0 Å². The van der Waals surface area contributed by atoms with Crippen LogP contribution in [0.3, 0.4) is 0 Å². The van der Waals surface area contributed by atoms with Gasteiger partial charge < -0.3 is 9.15 Å². The van der Waals surface area contributed by atoms with Crippen molar-refractivity contribution >= 4 is 28.7 Å². The monoisotopic (exact) mass is 518 g/mol. The number of fused-ring (bicyclic) bond motifs is 1. The summed E-state index contributed by atoms with van der Waals surface area (Å²) in [7, 11) is 0. The van der Waals surface area contributed by atoms with Crippen molar-refractivity contribution in [3.8, 4) is 5.75 Å². The van der Waals surface area contributed by atoms with Gasteiger partial charge in [0.05, 0.1) is 18.4 Å². The maximum atomic E-state index is 13.4. The number of urea groups is 1. The van der Waals surface area contributed by atoms with Crippen LogP contribution in [0.2, 0.25) is 0 Å². The molecule has 196 valence electrons. The highest BCUT2D eigenvalue weighted by Gasteiger charge is 2.37. The minimum Gasteiger partial charge on any atom is -0.493 e. The summed E-state index contributed by atoms with van der Waals surface area (Å²) < 4.78 is 51.3. The molecule has 12 heteroatoms. The standard InChI is InChI=1S/C25H25F3N4O5/c1-2-6-17-19(8-7-16-18(25(26,27)28)13-22(34)37-23(16)17)36-12-5-3-4-11-31-21(33)15-32(24(31)35)20-14-29-9-10-30-20/h7-10,13-14H,2-6,11-12,15H2,1H3. The minimum atomic E-state index is -4.69. The number of carbonyl (C=O) groups excluding carboxylic acids is 2. The third-order valence-electron chi connectivity index (χ3n) is 5.94. The summed E-state index contributed by atoms with van der Waals surface area (Å²) >= 11 is 0. The second-order valence-electron chi connectivity index (χ2n) is 8.53. The van der Waals surface area contributed by atoms with Crippen LogP contribution in [0.25, 0.3) is 11.0 Å². The molecule has 0 aliphatic carbocycles. The van der Waals surface area contributed by atoms with E-state index in [1.807, 2.05) is 6.92 Å². The molecular formula is C25H25F3N4O5. The lowest BCUT2D eigenvalue weighted by atomic mass is 10.0. The molecule has 9 nitrogen and oxygen atoms in total. The van der Waals surface area contributed by atoms with Crippen LogP contribution in [0, 0.1) is 0 Å². The molecule has 2 aromatic heterocycles. The topological polar surface area (TPSA) is 106 Å². The lowest BCUT2D eigenvalue weighted by Crippen LogP contribution is -2.34. The van der Waals surface area contributed by atoms with E-state index in [9.17, 15) is 27.6 Å². The number of aryl methyl sites for hydroxylation is 1. The van der Waals surface area contributed by atoms with Crippen LogP contribution in [0.4, 0.5) is 23.8 Å². The predicted octanol–water partition coefficient (Wildman–Crippen LogP) is 4.57. The number of anilines is 1. The molecule has 37 heavy (non-hydrogen) atoms. The Balaban J connectivity index is 1.35. The SMILES string of the molecule is CCCc1c(OCCCCCN2C(=O)CN(c3cnccn3)C2=O)ccc2c(C(F)(F)F)cc(=O)oc12. The lowest BCUT2D eigenvalue weighted by Gasteiger charge is -2.16. The van der Waals surface area contributed by atoms with Crippen LogP contribution < -0.4 is 15.3 Å². The fourth-order valence-electron chi connectivity index (χ4n) is 4.22. The molecule has 1 aliphatic rings. The van der Waals surface area contributed by atoms with Crippen LogP contribution in [0.1, 0.15) is 43.7 Å². The van der Waals surface area contributed by atoms with Gasteiger partial charge in [-0.05, 0) is 37.8 Å². The summed E-state index contributed by atoms with van der Waals surface area (Å²) in [6.07, 6.45) is 2.41. The maximum Gasteiger partial charge on any atom is 0.417 e. The van der Waals surface area contributed by atoms with Crippen molar-refractivity contribution in [1.82, 2.24) is 14.9 Å². The van der Waals surface area contributed by atoms with Crippen LogP contribution in [0.15, 0.2) is 46.0 Å². The predicted molar refractivity (Wildman–Crippen MR) is 127 cm³/mol. The van der Waals surface area contributed by atoms with Crippen molar-refractivity contribution in [2.24, 2.45) is 0 Å². The minimum absolute atomic E-state index is 0.0883. The van der Waals surface area contributed by atoms with Gasteiger partial charge in [-0.25, -0.2) is 14.6 Å². The Bertz CT molecular complexity index is 1340. The van der Waals surface area contributed by atoms with E-state index in [1.165, 1.54) is 40.5 Å². The van der Waals surface area contributed by atoms with Gasteiger partial charge in [0, 0.05) is 36.0 Å². The molecule has 1 aromatic carbocycles. The summed E-state index contributed by atoms with van der Waals surface area (Å²) in [5, 5.41) is -0.182. The van der Waals surface area contributed by atoms with Crippen LogP contribution >= 0.6 is 0 Å². The van der Waals surface area contributed by atoms with Crippen LogP contribution in [-0.2, 0) is 17.4 Å². The number of halogens is 3. The fraction of sp³-hybridized carbons (Fsp3) is 0.400. The van der Waals surface area contributed by atoms with Gasteiger partial charge >= 0.3 is 17.8 Å². The third-order valence-corrected chi connectivity index (χ3v) is 5.94. The molecule has 0 saturated carbocycles. The molecule has 0 spiro atoms. The summed E-state index contributed by atoms with van der Waals surface area (Å²) in [6.45, 7) is 2.28. The molecule has 3 amide bonds. The first-order valence-corrected chi connectivity index (χ1v) is 11.9. The second-order valence-corrected chi connectivity index (χ2v) is 8.53. The van der Waals surface area contributed by atoms with Crippen molar-refractivity contribution in [2.75, 3.05) is 24.6 Å². The van der Waals surface area contributed by atoms with Gasteiger partial charge in [-0.15, -0.1) is 0 Å². The van der Waals surface area contributed by atoms with E-state index >= 15 is 0 Å². The Kier molecular flexibility index (Phi) is 7.74. The molecule has 0 atom stereocenters. The molecule has 1 fully saturated rings. The van der Waals surface area contributed by atoms with Crippen molar-refractivity contribution in [1.29, 1.82) is 0 Å². The number of hydrogen-bond acceptors (Lipinski definition) is 7. The largest absolute Gasteiger partial charge is 0.493 e. The number of hydrogen-bond donors (Lipinski definition) is 0. The zero-order valence-electron chi connectivity index (χ0n) is 20.1. The summed E-state index contributed by atoms with van der Waals surface area (Å²) in [5.74, 6) is 0.363. The second kappa shape index (κ2) is 11.0. The number of benzene rings is 1. The number of unbranched alkanes of at least 4 members (excludes halogenated alkanes) is 2. The molecular weight excluding hydrogens is 493 g/mol. The Labute approximate surface area is 209 Å². The average molecular weight is 518 g/mol. The summed E-state index contributed by atoms with van der Waals surface area (Å²) in [5.41, 5.74) is -1.80. The number of alkyl halides is 3. The highest BCUT2D eigenvalue weighted by Crippen LogP contribution is 2.37. The highest BCUT2D eigenvalue weighted by molar-refractivity contribution is 6.11. The quantitative estimate of drug-likeness (QED) is 0.220. The lowest BCUT2D eigenvalue weighted by molar-refractivity contribution is -0.136. The van der Waals surface area contributed by atoms with Crippen molar-refractivity contribution in [3.63, 3.8) is 0 Å². The maximum absolute atomic E-state index is 13.4. The number of nitrogens with zero attached hydrogens (tertiary/aromatic N) is 4. The molecule has 0 radical (unpaired) electrons. The van der Waals surface area contributed by atoms with Crippen molar-refractivity contribution < 1.29 is 31.9 Å². The zero-order chi connectivity index (χ0) is 26.6. The molecule has 1 saturated heterocycles. The van der Waals surface area contributed by atoms with Gasteiger partial charge in [0.25, 0.3) is 5.91 Å². The summed E-state index contributed by atoms with van der Waals surface area (Å²) in [4.78, 5) is 47.1. The third kappa shape index (κ3) is 5.73. The van der Waals surface area contributed by atoms with Gasteiger partial charge in [-0.3, -0.25) is 19.6 Å². The van der Waals surface area contributed by atoms with Crippen LogP contribution in [-0.4, -0.2) is 46.5 Å². The average Bonchev–Trinajstić information content (AvgIpc) is 3.15. The fourth-order valence-corrected chi connectivity index (χ4v) is 4.22. The first kappa shape index (κ1) is 26.1. The highest BCUT2D eigenvalue weighted by atomic mass is 19.4. The van der Waals surface area contributed by atoms with E-state index in [4.69, 9.17) is 9.15 Å². The van der Waals surface area contributed by atoms with Crippen molar-refractivity contribution in [3.05, 3.63) is 58.3 Å². The molecule has 0 bridgehead atoms. The number of amides is 3. The molecule has 1 aliphatic heterocycles. The smallest absolute Gasteiger partial charge is 0.417 e. The molecule has 4 rings (SSSR count). The van der Waals surface area contributed by atoms with E-state index in [0.717, 1.165) is 0 Å². The van der Waals surface area contributed by atoms with Crippen LogP contribution in [0.5, 0.6) is 5.75 Å². The zero-order valence-corrected chi connectivity index (χ0v) is 20.1. The number of imide groups is 1. The number of rotatable bonds is 10. The van der Waals surface area contributed by atoms with Gasteiger partial charge in [0.1, 0.15) is 17.9 Å². The summed E-state index contributed by atoms with van der Waals surface area (Å²) in [6, 6.07) is 2.73. The molecule has 3 heterocycles. The van der Waals surface area contributed by atoms with Crippen molar-refractivity contribution in [2.45, 2.75) is 45.2 Å². The number of aromatic nitrogens is 2. The number of ether oxygens (including phenoxy) is 1. The van der Waals surface area contributed by atoms with E-state index in [1.54, 1.807) is 0 Å². The first-order chi connectivity index (χ1) is 17.7. The van der Waals surface area contributed by atoms with E-state index in [2.05, 4.69) is 9.97 Å². The molecule has 0 N–H and O–H groups in total. The Hall–Kier alpha value is -3.96. The Morgan fingerprint density at radius 1 is 1.11 bits per heavy atom. The molecule has 0 unspecified atom stereocenters.